The second kappa shape index (κ2) is 12.2. The lowest BCUT2D eigenvalue weighted by Crippen LogP contribution is -2.38. The number of hydrogen-bond acceptors (Lipinski definition) is 3. The zero-order chi connectivity index (χ0) is 21.3. The van der Waals surface area contributed by atoms with E-state index in [0.717, 1.165) is 17.7 Å². The van der Waals surface area contributed by atoms with Crippen LogP contribution in [0.5, 0.6) is 5.75 Å². The second-order valence-electron chi connectivity index (χ2n) is 6.31. The zero-order valence-corrected chi connectivity index (χ0v) is 19.1. The average molecular weight is 545 g/mol. The summed E-state index contributed by atoms with van der Waals surface area (Å²) in [6.07, 6.45) is 4.33. The molecule has 0 aliphatic carbocycles. The molecule has 2 N–H and O–H groups in total. The fourth-order valence-electron chi connectivity index (χ4n) is 2.87. The van der Waals surface area contributed by atoms with Crippen LogP contribution in [0.25, 0.3) is 5.69 Å². The van der Waals surface area contributed by atoms with Gasteiger partial charge in [-0.2, -0.15) is 13.9 Å². The van der Waals surface area contributed by atoms with Gasteiger partial charge in [0.15, 0.2) is 5.96 Å². The molecule has 0 bridgehead atoms. The molecule has 2 aromatic carbocycles. The summed E-state index contributed by atoms with van der Waals surface area (Å²) in [5.41, 5.74) is 2.10. The van der Waals surface area contributed by atoms with Gasteiger partial charge in [0.1, 0.15) is 11.6 Å². The summed E-state index contributed by atoms with van der Waals surface area (Å²) in [6.45, 7) is -2.49. The average Bonchev–Trinajstić information content (AvgIpc) is 3.27. The van der Waals surface area contributed by atoms with Crippen molar-refractivity contribution in [2.45, 2.75) is 19.6 Å². The van der Waals surface area contributed by atoms with Gasteiger partial charge in [-0.3, -0.25) is 4.99 Å². The molecule has 0 aliphatic heterocycles. The first-order valence-electron chi connectivity index (χ1n) is 9.32. The molecule has 10 heteroatoms. The third-order valence-electron chi connectivity index (χ3n) is 4.36. The number of aliphatic imine (C=N–C) groups is 1. The van der Waals surface area contributed by atoms with E-state index in [1.807, 2.05) is 36.5 Å². The minimum absolute atomic E-state index is 0. The van der Waals surface area contributed by atoms with Crippen molar-refractivity contribution in [1.29, 1.82) is 0 Å². The number of halogens is 4. The van der Waals surface area contributed by atoms with Gasteiger partial charge in [0.05, 0.1) is 5.69 Å². The van der Waals surface area contributed by atoms with Gasteiger partial charge in [-0.15, -0.1) is 24.0 Å². The SMILES string of the molecule is CN=C(NCCc1ccc(-n2cccn2)cc1)NCc1c(F)cccc1OC(F)F.I. The van der Waals surface area contributed by atoms with Crippen molar-refractivity contribution < 1.29 is 17.9 Å². The van der Waals surface area contributed by atoms with Crippen LogP contribution in [0.1, 0.15) is 11.1 Å². The van der Waals surface area contributed by atoms with Crippen molar-refractivity contribution in [1.82, 2.24) is 20.4 Å². The van der Waals surface area contributed by atoms with E-state index < -0.39 is 12.4 Å². The summed E-state index contributed by atoms with van der Waals surface area (Å²) in [7, 11) is 1.58. The topological polar surface area (TPSA) is 63.5 Å². The molecular formula is C21H23F3IN5O. The summed E-state index contributed by atoms with van der Waals surface area (Å²) in [6, 6.07) is 13.7. The fourth-order valence-corrected chi connectivity index (χ4v) is 2.87. The Morgan fingerprint density at radius 2 is 1.90 bits per heavy atom. The molecule has 6 nitrogen and oxygen atoms in total. The van der Waals surface area contributed by atoms with Gasteiger partial charge >= 0.3 is 6.61 Å². The van der Waals surface area contributed by atoms with Gasteiger partial charge in [0.25, 0.3) is 0 Å². The number of hydrogen-bond donors (Lipinski definition) is 2. The van der Waals surface area contributed by atoms with Crippen LogP contribution in [0.15, 0.2) is 65.9 Å². The van der Waals surface area contributed by atoms with Crippen molar-refractivity contribution in [2.75, 3.05) is 13.6 Å². The number of nitrogens with zero attached hydrogens (tertiary/aromatic N) is 3. The Kier molecular flexibility index (Phi) is 9.63. The fraction of sp³-hybridized carbons (Fsp3) is 0.238. The lowest BCUT2D eigenvalue weighted by atomic mass is 10.1. The van der Waals surface area contributed by atoms with Crippen LogP contribution in [-0.4, -0.2) is 35.9 Å². The number of rotatable bonds is 8. The highest BCUT2D eigenvalue weighted by molar-refractivity contribution is 14.0. The monoisotopic (exact) mass is 545 g/mol. The summed E-state index contributed by atoms with van der Waals surface area (Å²) >= 11 is 0. The first-order valence-corrected chi connectivity index (χ1v) is 9.32. The van der Waals surface area contributed by atoms with Crippen molar-refractivity contribution in [3.05, 3.63) is 77.9 Å². The highest BCUT2D eigenvalue weighted by Gasteiger charge is 2.14. The number of guanidine groups is 1. The molecule has 1 aromatic heterocycles. The van der Waals surface area contributed by atoms with Crippen LogP contribution in [0, 0.1) is 5.82 Å². The maximum absolute atomic E-state index is 14.0. The Morgan fingerprint density at radius 3 is 2.55 bits per heavy atom. The molecule has 0 amide bonds. The molecule has 3 aromatic rings. The lowest BCUT2D eigenvalue weighted by Gasteiger charge is -2.15. The Morgan fingerprint density at radius 1 is 1.13 bits per heavy atom. The van der Waals surface area contributed by atoms with Gasteiger partial charge in [-0.1, -0.05) is 18.2 Å². The molecule has 31 heavy (non-hydrogen) atoms. The molecule has 0 atom stereocenters. The molecular weight excluding hydrogens is 522 g/mol. The van der Waals surface area contributed by atoms with Crippen LogP contribution < -0.4 is 15.4 Å². The maximum atomic E-state index is 14.0. The van der Waals surface area contributed by atoms with Crippen LogP contribution in [0.4, 0.5) is 13.2 Å². The predicted molar refractivity (Wildman–Crippen MR) is 124 cm³/mol. The first kappa shape index (κ1) is 24.5. The molecule has 3 rings (SSSR count). The van der Waals surface area contributed by atoms with E-state index in [-0.39, 0.29) is 41.8 Å². The van der Waals surface area contributed by atoms with Crippen LogP contribution in [0.3, 0.4) is 0 Å². The Hall–Kier alpha value is -2.76. The molecule has 166 valence electrons. The summed E-state index contributed by atoms with van der Waals surface area (Å²) < 4.78 is 45.2. The number of nitrogens with one attached hydrogen (secondary N) is 2. The van der Waals surface area contributed by atoms with Gasteiger partial charge < -0.3 is 15.4 Å². The number of ether oxygens (including phenoxy) is 1. The molecule has 0 spiro atoms. The van der Waals surface area contributed by atoms with E-state index in [1.54, 1.807) is 17.9 Å². The Bertz CT molecular complexity index is 966. The van der Waals surface area contributed by atoms with E-state index in [0.29, 0.717) is 12.5 Å². The largest absolute Gasteiger partial charge is 0.434 e. The van der Waals surface area contributed by atoms with Crippen molar-refractivity contribution in [2.24, 2.45) is 4.99 Å². The quantitative estimate of drug-likeness (QED) is 0.254. The van der Waals surface area contributed by atoms with E-state index in [2.05, 4.69) is 25.5 Å². The van der Waals surface area contributed by atoms with E-state index in [1.165, 1.54) is 18.2 Å². The van der Waals surface area contributed by atoms with E-state index >= 15 is 0 Å². The number of aromatic nitrogens is 2. The van der Waals surface area contributed by atoms with Crippen molar-refractivity contribution >= 4 is 29.9 Å². The Balaban J connectivity index is 0.00000341. The van der Waals surface area contributed by atoms with Crippen molar-refractivity contribution in [3.8, 4) is 11.4 Å². The molecule has 1 heterocycles. The summed E-state index contributed by atoms with van der Waals surface area (Å²) in [5, 5.41) is 10.2. The van der Waals surface area contributed by atoms with Crippen LogP contribution in [-0.2, 0) is 13.0 Å². The molecule has 0 radical (unpaired) electrons. The van der Waals surface area contributed by atoms with E-state index in [9.17, 15) is 13.2 Å². The molecule has 0 saturated heterocycles. The number of benzene rings is 2. The predicted octanol–water partition coefficient (Wildman–Crippen LogP) is 4.14. The standard InChI is InChI=1S/C21H22F3N5O.HI/c1-25-21(27-14-17-18(22)4-2-5-19(17)30-20(23)24)26-12-10-15-6-8-16(9-7-15)29-13-3-11-28-29;/h2-9,11,13,20H,10,12,14H2,1H3,(H2,25,26,27);1H. The minimum Gasteiger partial charge on any atom is -0.434 e. The summed E-state index contributed by atoms with van der Waals surface area (Å²) in [5.74, 6) is -0.409. The lowest BCUT2D eigenvalue weighted by molar-refractivity contribution is -0.0506. The van der Waals surface area contributed by atoms with Crippen molar-refractivity contribution in [3.63, 3.8) is 0 Å². The molecule has 0 fully saturated rings. The van der Waals surface area contributed by atoms with Gasteiger partial charge in [-0.05, 0) is 42.3 Å². The molecule has 0 aliphatic rings. The molecule has 0 unspecified atom stereocenters. The smallest absolute Gasteiger partial charge is 0.387 e. The normalized spacial score (nSPS) is 11.2. The highest BCUT2D eigenvalue weighted by atomic mass is 127. The second-order valence-corrected chi connectivity index (χ2v) is 6.31. The minimum atomic E-state index is -3.03. The van der Waals surface area contributed by atoms with Gasteiger partial charge in [0.2, 0.25) is 0 Å². The van der Waals surface area contributed by atoms with Crippen LogP contribution >= 0.6 is 24.0 Å². The van der Waals surface area contributed by atoms with Crippen LogP contribution in [0.2, 0.25) is 0 Å². The maximum Gasteiger partial charge on any atom is 0.387 e. The number of alkyl halides is 2. The summed E-state index contributed by atoms with van der Waals surface area (Å²) in [4.78, 5) is 4.07. The van der Waals surface area contributed by atoms with E-state index in [4.69, 9.17) is 0 Å². The first-order chi connectivity index (χ1) is 14.6. The highest BCUT2D eigenvalue weighted by Crippen LogP contribution is 2.23. The van der Waals surface area contributed by atoms with Gasteiger partial charge in [-0.25, -0.2) is 9.07 Å². The third-order valence-corrected chi connectivity index (χ3v) is 4.36. The van der Waals surface area contributed by atoms with Gasteiger partial charge in [0, 0.05) is 38.1 Å². The Labute approximate surface area is 195 Å². The third kappa shape index (κ3) is 7.16. The zero-order valence-electron chi connectivity index (χ0n) is 16.8. The molecule has 0 saturated carbocycles.